The van der Waals surface area contributed by atoms with Crippen LogP contribution in [0.5, 0.6) is 5.75 Å². The van der Waals surface area contributed by atoms with Gasteiger partial charge in [0.25, 0.3) is 12.0 Å². The summed E-state index contributed by atoms with van der Waals surface area (Å²) in [7, 11) is 1.32. The highest BCUT2D eigenvalue weighted by atomic mass is 19.3. The molecule has 1 N–H and O–H groups in total. The van der Waals surface area contributed by atoms with Crippen LogP contribution in [0.2, 0.25) is 0 Å². The Balaban J connectivity index is 2.29. The van der Waals surface area contributed by atoms with Crippen LogP contribution in [0.25, 0.3) is 16.9 Å². The van der Waals surface area contributed by atoms with Crippen molar-refractivity contribution in [1.29, 1.82) is 0 Å². The number of carboxylic acids is 1. The zero-order valence-electron chi connectivity index (χ0n) is 14.9. The summed E-state index contributed by atoms with van der Waals surface area (Å²) in [4.78, 5) is 31.6. The van der Waals surface area contributed by atoms with Crippen molar-refractivity contribution in [2.75, 3.05) is 7.11 Å². The van der Waals surface area contributed by atoms with Gasteiger partial charge in [0.05, 0.1) is 18.9 Å². The summed E-state index contributed by atoms with van der Waals surface area (Å²) in [5.74, 6) is -1.05. The van der Waals surface area contributed by atoms with E-state index in [4.69, 9.17) is 4.74 Å². The highest BCUT2D eigenvalue weighted by molar-refractivity contribution is 5.97. The van der Waals surface area contributed by atoms with Gasteiger partial charge >= 0.3 is 5.97 Å². The van der Waals surface area contributed by atoms with Crippen molar-refractivity contribution in [3.05, 3.63) is 70.0 Å². The molecule has 0 aliphatic heterocycles. The summed E-state index contributed by atoms with van der Waals surface area (Å²) in [6, 6.07) is 5.49. The third-order valence-electron chi connectivity index (χ3n) is 4.06. The van der Waals surface area contributed by atoms with Crippen molar-refractivity contribution in [1.82, 2.24) is 14.5 Å². The number of halogens is 2. The van der Waals surface area contributed by atoms with Crippen molar-refractivity contribution in [2.45, 2.75) is 13.3 Å². The van der Waals surface area contributed by atoms with Gasteiger partial charge in [-0.3, -0.25) is 14.3 Å². The second-order valence-corrected chi connectivity index (χ2v) is 5.92. The molecule has 0 unspecified atom stereocenters. The van der Waals surface area contributed by atoms with Crippen LogP contribution in [-0.4, -0.2) is 32.7 Å². The molecule has 0 fully saturated rings. The lowest BCUT2D eigenvalue weighted by Gasteiger charge is -2.14. The van der Waals surface area contributed by atoms with E-state index in [9.17, 15) is 23.5 Å². The molecule has 0 amide bonds. The quantitative estimate of drug-likeness (QED) is 0.722. The van der Waals surface area contributed by atoms with E-state index in [-0.39, 0.29) is 33.8 Å². The number of carboxylic acid groups (broad SMARTS) is 1. The molecule has 0 aliphatic carbocycles. The number of alkyl halides is 2. The molecule has 0 aliphatic rings. The standard InChI is InChI=1S/C19H15F2N3O4/c1-10-3-4-24(17(25)5-10)16-7-11(13(8-23-16)19(26)27)12-6-14(18(20)21)22-9-15(12)28-2/h3-9,18H,1-2H3,(H,26,27). The molecular formula is C19H15F2N3O4. The number of hydrogen-bond donors (Lipinski definition) is 1. The second-order valence-electron chi connectivity index (χ2n) is 5.92. The van der Waals surface area contributed by atoms with Crippen molar-refractivity contribution < 1.29 is 23.4 Å². The smallest absolute Gasteiger partial charge is 0.337 e. The van der Waals surface area contributed by atoms with Crippen LogP contribution in [0.1, 0.15) is 28.0 Å². The summed E-state index contributed by atoms with van der Waals surface area (Å²) in [5.41, 5.74) is -0.190. The first-order valence-corrected chi connectivity index (χ1v) is 8.07. The molecule has 144 valence electrons. The maximum absolute atomic E-state index is 13.1. The molecule has 0 radical (unpaired) electrons. The van der Waals surface area contributed by atoms with Gasteiger partial charge < -0.3 is 9.84 Å². The summed E-state index contributed by atoms with van der Waals surface area (Å²) in [6.07, 6.45) is 0.819. The first-order chi connectivity index (χ1) is 13.3. The van der Waals surface area contributed by atoms with E-state index in [2.05, 4.69) is 9.97 Å². The fourth-order valence-electron chi connectivity index (χ4n) is 2.69. The molecule has 0 saturated heterocycles. The van der Waals surface area contributed by atoms with Crippen LogP contribution in [0.3, 0.4) is 0 Å². The summed E-state index contributed by atoms with van der Waals surface area (Å²) in [5, 5.41) is 9.51. The zero-order chi connectivity index (χ0) is 20.4. The van der Waals surface area contributed by atoms with Gasteiger partial charge in [0.15, 0.2) is 0 Å². The SMILES string of the molecule is COc1cnc(C(F)F)cc1-c1cc(-n2ccc(C)cc2=O)ncc1C(=O)O. The number of hydrogen-bond acceptors (Lipinski definition) is 5. The lowest BCUT2D eigenvalue weighted by Crippen LogP contribution is -2.18. The van der Waals surface area contributed by atoms with E-state index in [0.717, 1.165) is 24.0 Å². The van der Waals surface area contributed by atoms with Gasteiger partial charge in [-0.15, -0.1) is 0 Å². The van der Waals surface area contributed by atoms with Crippen LogP contribution >= 0.6 is 0 Å². The van der Waals surface area contributed by atoms with Crippen molar-refractivity contribution in [3.8, 4) is 22.7 Å². The molecule has 3 rings (SSSR count). The van der Waals surface area contributed by atoms with E-state index in [1.54, 1.807) is 13.0 Å². The Morgan fingerprint density at radius 1 is 1.18 bits per heavy atom. The Labute approximate surface area is 157 Å². The first kappa shape index (κ1) is 19.2. The van der Waals surface area contributed by atoms with E-state index < -0.39 is 18.1 Å². The van der Waals surface area contributed by atoms with Crippen LogP contribution in [0.15, 0.2) is 47.7 Å². The monoisotopic (exact) mass is 387 g/mol. The number of aromatic carboxylic acids is 1. The van der Waals surface area contributed by atoms with E-state index in [1.807, 2.05) is 0 Å². The molecule has 0 atom stereocenters. The molecule has 3 heterocycles. The largest absolute Gasteiger partial charge is 0.494 e. The Kier molecular flexibility index (Phi) is 5.16. The van der Waals surface area contributed by atoms with Gasteiger partial charge in [0.2, 0.25) is 0 Å². The Hall–Kier alpha value is -3.62. The minimum atomic E-state index is -2.85. The predicted octanol–water partition coefficient (Wildman–Crippen LogP) is 3.25. The molecule has 9 heteroatoms. The minimum Gasteiger partial charge on any atom is -0.494 e. The Bertz CT molecular complexity index is 1110. The predicted molar refractivity (Wildman–Crippen MR) is 96.3 cm³/mol. The van der Waals surface area contributed by atoms with Gasteiger partial charge in [-0.05, 0) is 30.7 Å². The highest BCUT2D eigenvalue weighted by Gasteiger charge is 2.20. The van der Waals surface area contributed by atoms with Crippen LogP contribution in [0, 0.1) is 6.92 Å². The number of methoxy groups -OCH3 is 1. The fourth-order valence-corrected chi connectivity index (χ4v) is 2.69. The summed E-state index contributed by atoms with van der Waals surface area (Å²) >= 11 is 0. The minimum absolute atomic E-state index is 0.0751. The van der Waals surface area contributed by atoms with Crippen molar-refractivity contribution in [2.24, 2.45) is 0 Å². The lowest BCUT2D eigenvalue weighted by atomic mass is 10.0. The third kappa shape index (κ3) is 3.59. The molecule has 28 heavy (non-hydrogen) atoms. The number of rotatable bonds is 5. The average Bonchev–Trinajstić information content (AvgIpc) is 2.66. The number of ether oxygens (including phenoxy) is 1. The third-order valence-corrected chi connectivity index (χ3v) is 4.06. The van der Waals surface area contributed by atoms with E-state index in [0.29, 0.717) is 0 Å². The molecule has 0 saturated carbocycles. The second kappa shape index (κ2) is 7.55. The number of pyridine rings is 3. The lowest BCUT2D eigenvalue weighted by molar-refractivity contribution is 0.0697. The van der Waals surface area contributed by atoms with Crippen LogP contribution in [-0.2, 0) is 0 Å². The topological polar surface area (TPSA) is 94.3 Å². The van der Waals surface area contributed by atoms with Crippen molar-refractivity contribution in [3.63, 3.8) is 0 Å². The molecule has 3 aromatic heterocycles. The molecule has 3 aromatic rings. The molecule has 0 aromatic carbocycles. The van der Waals surface area contributed by atoms with Gasteiger partial charge in [-0.1, -0.05) is 0 Å². The average molecular weight is 387 g/mol. The molecule has 0 bridgehead atoms. The first-order valence-electron chi connectivity index (χ1n) is 8.07. The fraction of sp³-hybridized carbons (Fsp3) is 0.158. The maximum atomic E-state index is 13.1. The van der Waals surface area contributed by atoms with Gasteiger partial charge in [0, 0.05) is 29.6 Å². The normalized spacial score (nSPS) is 10.9. The number of carbonyl (C=O) groups is 1. The highest BCUT2D eigenvalue weighted by Crippen LogP contribution is 2.35. The van der Waals surface area contributed by atoms with Crippen LogP contribution in [0.4, 0.5) is 8.78 Å². The van der Waals surface area contributed by atoms with Crippen molar-refractivity contribution >= 4 is 5.97 Å². The number of aryl methyl sites for hydroxylation is 1. The number of aromatic nitrogens is 3. The van der Waals surface area contributed by atoms with E-state index in [1.165, 1.54) is 30.0 Å². The van der Waals surface area contributed by atoms with E-state index >= 15 is 0 Å². The number of nitrogens with zero attached hydrogens (tertiary/aromatic N) is 3. The molecule has 7 nitrogen and oxygen atoms in total. The summed E-state index contributed by atoms with van der Waals surface area (Å²) < 4.78 is 32.6. The maximum Gasteiger partial charge on any atom is 0.337 e. The van der Waals surface area contributed by atoms with Crippen LogP contribution < -0.4 is 10.3 Å². The zero-order valence-corrected chi connectivity index (χ0v) is 14.9. The molecular weight excluding hydrogens is 372 g/mol. The van der Waals surface area contributed by atoms with Gasteiger partial charge in [-0.25, -0.2) is 18.6 Å². The Morgan fingerprint density at radius 3 is 2.54 bits per heavy atom. The van der Waals surface area contributed by atoms with Gasteiger partial charge in [0.1, 0.15) is 17.3 Å². The molecule has 0 spiro atoms. The summed E-state index contributed by atoms with van der Waals surface area (Å²) in [6.45, 7) is 1.76. The van der Waals surface area contributed by atoms with Gasteiger partial charge in [-0.2, -0.15) is 0 Å². The Morgan fingerprint density at radius 2 is 1.93 bits per heavy atom.